The molecule has 8 rings (SSSR count). The molecule has 5 atom stereocenters. The number of nitrogens with zero attached hydrogens (tertiary/aromatic N) is 4. The zero-order chi connectivity index (χ0) is 37.8. The van der Waals surface area contributed by atoms with Crippen molar-refractivity contribution in [2.45, 2.75) is 58.3 Å². The fraction of sp³-hybridized carbons (Fsp3) is 0.425. The second kappa shape index (κ2) is 14.0. The molecule has 0 radical (unpaired) electrons. The van der Waals surface area contributed by atoms with Gasteiger partial charge in [0.2, 0.25) is 5.91 Å². The molecule has 0 spiro atoms. The average molecular weight is 736 g/mol. The van der Waals surface area contributed by atoms with Crippen molar-refractivity contribution in [3.63, 3.8) is 0 Å². The minimum absolute atomic E-state index is 0.107. The summed E-state index contributed by atoms with van der Waals surface area (Å²) in [5, 5.41) is 14.6. The number of likely N-dealkylation sites (tertiary alicyclic amines) is 2. The van der Waals surface area contributed by atoms with Crippen LogP contribution in [0.5, 0.6) is 5.75 Å². The van der Waals surface area contributed by atoms with Crippen LogP contribution in [0.15, 0.2) is 48.7 Å². The van der Waals surface area contributed by atoms with Crippen molar-refractivity contribution in [3.8, 4) is 28.1 Å². The number of benzene rings is 3. The summed E-state index contributed by atoms with van der Waals surface area (Å²) in [4.78, 5) is 57.7. The van der Waals surface area contributed by atoms with Crippen molar-refractivity contribution in [2.24, 2.45) is 17.8 Å². The topological polar surface area (TPSA) is 175 Å². The number of carboxylic acid groups (broad SMARTS) is 1. The summed E-state index contributed by atoms with van der Waals surface area (Å²) in [5.74, 6) is 2.21. The molecule has 3 aliphatic heterocycles. The van der Waals surface area contributed by atoms with E-state index < -0.39 is 18.2 Å². The molecule has 5 heterocycles. The summed E-state index contributed by atoms with van der Waals surface area (Å²) in [6.45, 7) is 7.78. The Morgan fingerprint density at radius 1 is 1.00 bits per heavy atom. The molecule has 3 amide bonds. The van der Waals surface area contributed by atoms with E-state index in [1.807, 2.05) is 37.1 Å². The van der Waals surface area contributed by atoms with Crippen LogP contribution >= 0.6 is 0 Å². The van der Waals surface area contributed by atoms with Crippen LogP contribution in [0, 0.1) is 17.8 Å². The second-order valence-electron chi connectivity index (χ2n) is 15.2. The van der Waals surface area contributed by atoms with Crippen LogP contribution in [-0.4, -0.2) is 92.9 Å². The monoisotopic (exact) mass is 735 g/mol. The summed E-state index contributed by atoms with van der Waals surface area (Å²) in [6, 6.07) is 13.2. The molecule has 0 saturated carbocycles. The molecule has 0 bridgehead atoms. The van der Waals surface area contributed by atoms with Crippen LogP contribution in [0.2, 0.25) is 0 Å². The van der Waals surface area contributed by atoms with Crippen molar-refractivity contribution in [3.05, 3.63) is 65.9 Å². The highest BCUT2D eigenvalue weighted by Crippen LogP contribution is 2.44. The number of fused-ring (bicyclic) bond motifs is 6. The highest BCUT2D eigenvalue weighted by atomic mass is 16.5. The number of aromatic nitrogens is 4. The fourth-order valence-electron chi connectivity index (χ4n) is 8.46. The Balaban J connectivity index is 1.05. The number of carbonyl (C=O) groups is 3. The summed E-state index contributed by atoms with van der Waals surface area (Å²) >= 11 is 0. The smallest absolute Gasteiger partial charge is 0.407 e. The minimum atomic E-state index is -0.964. The number of amides is 3. The van der Waals surface area contributed by atoms with Gasteiger partial charge in [0, 0.05) is 37.1 Å². The largest absolute Gasteiger partial charge is 0.488 e. The Labute approximate surface area is 312 Å². The van der Waals surface area contributed by atoms with Crippen molar-refractivity contribution < 1.29 is 33.7 Å². The molecule has 14 nitrogen and oxygen atoms in total. The molecule has 3 aromatic carbocycles. The van der Waals surface area contributed by atoms with Crippen molar-refractivity contribution in [2.75, 3.05) is 33.9 Å². The molecule has 54 heavy (non-hydrogen) atoms. The van der Waals surface area contributed by atoms with E-state index in [1.165, 1.54) is 12.0 Å². The maximum absolute atomic E-state index is 13.7. The molecule has 14 heteroatoms. The Bertz CT molecular complexity index is 2260. The summed E-state index contributed by atoms with van der Waals surface area (Å²) in [7, 11) is 2.92. The molecule has 5 aromatic rings. The lowest BCUT2D eigenvalue weighted by molar-refractivity contribution is -0.135. The van der Waals surface area contributed by atoms with Gasteiger partial charge in [-0.25, -0.2) is 19.6 Å². The fourth-order valence-corrected chi connectivity index (χ4v) is 8.46. The van der Waals surface area contributed by atoms with Gasteiger partial charge < -0.3 is 39.5 Å². The lowest BCUT2D eigenvalue weighted by atomic mass is 9.92. The van der Waals surface area contributed by atoms with Gasteiger partial charge in [0.15, 0.2) is 0 Å². The Hall–Kier alpha value is -5.63. The van der Waals surface area contributed by atoms with Crippen LogP contribution in [0.25, 0.3) is 44.2 Å². The first kappa shape index (κ1) is 35.4. The van der Waals surface area contributed by atoms with Gasteiger partial charge in [-0.3, -0.25) is 9.69 Å². The molecule has 0 unspecified atom stereocenters. The molecule has 2 aromatic heterocycles. The number of alkyl carbamates (subject to hydrolysis) is 1. The first-order chi connectivity index (χ1) is 26.0. The van der Waals surface area contributed by atoms with Crippen molar-refractivity contribution in [1.82, 2.24) is 35.1 Å². The number of hydrogen-bond donors (Lipinski definition) is 4. The van der Waals surface area contributed by atoms with Crippen LogP contribution in [0.4, 0.5) is 9.59 Å². The van der Waals surface area contributed by atoms with E-state index >= 15 is 0 Å². The van der Waals surface area contributed by atoms with Gasteiger partial charge in [-0.2, -0.15) is 0 Å². The van der Waals surface area contributed by atoms with E-state index in [1.54, 1.807) is 7.11 Å². The number of H-pyrrole nitrogens is 2. The minimum Gasteiger partial charge on any atom is -0.488 e. The van der Waals surface area contributed by atoms with Crippen LogP contribution < -0.4 is 10.1 Å². The lowest BCUT2D eigenvalue weighted by Gasteiger charge is -2.30. The van der Waals surface area contributed by atoms with Crippen LogP contribution in [0.3, 0.4) is 0 Å². The summed E-state index contributed by atoms with van der Waals surface area (Å²) < 4.78 is 16.5. The first-order valence-corrected chi connectivity index (χ1v) is 18.4. The van der Waals surface area contributed by atoms with Crippen molar-refractivity contribution >= 4 is 39.9 Å². The average Bonchev–Trinajstić information content (AvgIpc) is 3.98. The van der Waals surface area contributed by atoms with E-state index in [9.17, 15) is 19.5 Å². The first-order valence-electron chi connectivity index (χ1n) is 18.4. The Kier molecular flexibility index (Phi) is 9.16. The molecule has 3 aliphatic rings. The van der Waals surface area contributed by atoms with E-state index in [-0.39, 0.29) is 35.7 Å². The van der Waals surface area contributed by atoms with Gasteiger partial charge >= 0.3 is 12.2 Å². The third-order valence-electron chi connectivity index (χ3n) is 11.1. The SMILES string of the molecule is COC[C@H]1C[C@@H](c2nc3c(ccc4cc5c(cc43)OCc3cc(-c4cnc([C@@H]6C[C@H](C)CN6C(=O)[C@@H](NC(=O)OC)C(C)C)[nH]4)ccc3-5)[nH]2)N(C(=O)O)C1. The van der Waals surface area contributed by atoms with E-state index in [0.29, 0.717) is 44.4 Å². The maximum atomic E-state index is 13.7. The number of aromatic amines is 2. The molecule has 2 saturated heterocycles. The number of rotatable bonds is 8. The zero-order valence-corrected chi connectivity index (χ0v) is 31.0. The normalized spacial score (nSPS) is 21.3. The molecular weight excluding hydrogens is 690 g/mol. The molecule has 282 valence electrons. The van der Waals surface area contributed by atoms with E-state index in [0.717, 1.165) is 61.9 Å². The number of carbonyl (C=O) groups excluding carboxylic acids is 2. The van der Waals surface area contributed by atoms with Gasteiger partial charge in [0.1, 0.15) is 30.0 Å². The van der Waals surface area contributed by atoms with Crippen LogP contribution in [-0.2, 0) is 20.9 Å². The number of nitrogens with one attached hydrogen (secondary N) is 3. The van der Waals surface area contributed by atoms with E-state index in [4.69, 9.17) is 24.2 Å². The van der Waals surface area contributed by atoms with Gasteiger partial charge in [0.05, 0.1) is 48.7 Å². The number of hydrogen-bond acceptors (Lipinski definition) is 8. The van der Waals surface area contributed by atoms with E-state index in [2.05, 4.69) is 52.5 Å². The molecular formula is C40H45N7O7. The van der Waals surface area contributed by atoms with Gasteiger partial charge in [0.25, 0.3) is 0 Å². The predicted molar refractivity (Wildman–Crippen MR) is 201 cm³/mol. The van der Waals surface area contributed by atoms with Gasteiger partial charge in [-0.1, -0.05) is 39.0 Å². The number of methoxy groups -OCH3 is 2. The second-order valence-corrected chi connectivity index (χ2v) is 15.2. The van der Waals surface area contributed by atoms with Gasteiger partial charge in [-0.05, 0) is 71.0 Å². The quantitative estimate of drug-likeness (QED) is 0.136. The Morgan fingerprint density at radius 3 is 2.57 bits per heavy atom. The highest BCUT2D eigenvalue weighted by molar-refractivity contribution is 6.07. The number of imidazole rings is 2. The lowest BCUT2D eigenvalue weighted by Crippen LogP contribution is -2.51. The summed E-state index contributed by atoms with van der Waals surface area (Å²) in [5.41, 5.74) is 6.52. The standard InChI is InChI=1S/C40H45N7O7/c1-20(2)34(45-39(49)53-5)38(48)46-16-21(3)10-31(46)36-41-15-30(43-36)24-6-8-26-25(12-24)19-54-33-14-27-23(13-28(26)33)7-9-29-35(27)44-37(42-29)32-11-22(18-52-4)17-47(32)40(50)51/h6-9,12-15,20-22,31-32,34H,10-11,16-19H2,1-5H3,(H,41,43)(H,42,44)(H,45,49)(H,50,51)/t21-,22-,31-,32-,34-/m0/s1. The molecule has 0 aliphatic carbocycles. The van der Waals surface area contributed by atoms with Crippen molar-refractivity contribution in [1.29, 1.82) is 0 Å². The predicted octanol–water partition coefficient (Wildman–Crippen LogP) is 6.64. The third-order valence-corrected chi connectivity index (χ3v) is 11.1. The third kappa shape index (κ3) is 6.27. The molecule has 2 fully saturated rings. The van der Waals surface area contributed by atoms with Gasteiger partial charge in [-0.15, -0.1) is 0 Å². The molecule has 4 N–H and O–H groups in total. The number of ether oxygens (including phenoxy) is 3. The zero-order valence-electron chi connectivity index (χ0n) is 31.0. The maximum Gasteiger partial charge on any atom is 0.407 e. The summed E-state index contributed by atoms with van der Waals surface area (Å²) in [6.07, 6.45) is 1.61. The highest BCUT2D eigenvalue weighted by Gasteiger charge is 2.41. The Morgan fingerprint density at radius 2 is 1.81 bits per heavy atom. The van der Waals surface area contributed by atoms with Crippen LogP contribution in [0.1, 0.15) is 62.9 Å².